The first kappa shape index (κ1) is 22.6. The van der Waals surface area contributed by atoms with E-state index in [1.807, 2.05) is 0 Å². The standard InChI is InChI=1S/C24H34N4O5/c1-12-16-5-15(10-25)28(19(12)16)21(31)20(27)23-6-13-4-14(7-23)9-24(8-13,11-23)33-22(32)17(26)2-3-18(29)30/h12-17,19-20H,2-9,11,26-27H2,1H3,(H,29,30)/t12-,13?,14?,15-,16+,17-,19-,20+,23?,24?/m0/s1. The van der Waals surface area contributed by atoms with Gasteiger partial charge >= 0.3 is 11.9 Å². The van der Waals surface area contributed by atoms with Crippen LogP contribution in [0.4, 0.5) is 0 Å². The number of rotatable bonds is 7. The van der Waals surface area contributed by atoms with Crippen LogP contribution < -0.4 is 11.5 Å². The van der Waals surface area contributed by atoms with Crippen molar-refractivity contribution in [3.8, 4) is 6.07 Å². The van der Waals surface area contributed by atoms with E-state index < -0.39 is 41.1 Å². The summed E-state index contributed by atoms with van der Waals surface area (Å²) in [6, 6.07) is 0.326. The molecule has 1 aliphatic heterocycles. The minimum atomic E-state index is -0.999. The van der Waals surface area contributed by atoms with E-state index >= 15 is 0 Å². The average Bonchev–Trinajstić information content (AvgIpc) is 3.18. The van der Waals surface area contributed by atoms with Crippen LogP contribution in [0.3, 0.4) is 0 Å². The third-order valence-corrected chi connectivity index (χ3v) is 9.34. The van der Waals surface area contributed by atoms with Crippen molar-refractivity contribution in [3.05, 3.63) is 0 Å². The van der Waals surface area contributed by atoms with Crippen molar-refractivity contribution in [1.29, 1.82) is 5.26 Å². The summed E-state index contributed by atoms with van der Waals surface area (Å²) in [7, 11) is 0. The summed E-state index contributed by atoms with van der Waals surface area (Å²) < 4.78 is 6.02. The lowest BCUT2D eigenvalue weighted by Gasteiger charge is -2.62. The Morgan fingerprint density at radius 1 is 1.18 bits per heavy atom. The normalized spacial score (nSPS) is 44.0. The van der Waals surface area contributed by atoms with E-state index in [9.17, 15) is 19.6 Å². The SMILES string of the molecule is C[C@H]1[C@H]2C[C@@H](C#N)N(C(=O)[C@@H](N)C34CC5CC(CC(OC(=O)[C@@H](N)CCC(=O)O)(C5)C3)C4)[C@@H]12. The van der Waals surface area contributed by atoms with E-state index in [0.29, 0.717) is 30.1 Å². The molecule has 9 heteroatoms. The molecule has 4 bridgehead atoms. The van der Waals surface area contributed by atoms with Crippen LogP contribution in [-0.2, 0) is 19.1 Å². The molecular weight excluding hydrogens is 424 g/mol. The second-order valence-corrected chi connectivity index (χ2v) is 11.6. The van der Waals surface area contributed by atoms with Gasteiger partial charge < -0.3 is 26.2 Å². The smallest absolute Gasteiger partial charge is 0.323 e. The highest BCUT2D eigenvalue weighted by atomic mass is 16.6. The second kappa shape index (κ2) is 7.67. The summed E-state index contributed by atoms with van der Waals surface area (Å²) >= 11 is 0. The molecule has 9 nitrogen and oxygen atoms in total. The molecule has 1 saturated heterocycles. The Balaban J connectivity index is 1.34. The van der Waals surface area contributed by atoms with Crippen LogP contribution in [0, 0.1) is 40.4 Å². The summed E-state index contributed by atoms with van der Waals surface area (Å²) in [5.74, 6) is -0.186. The Hall–Kier alpha value is -2.18. The zero-order valence-electron chi connectivity index (χ0n) is 19.1. The number of carboxylic acids is 1. The van der Waals surface area contributed by atoms with Crippen molar-refractivity contribution >= 4 is 17.8 Å². The van der Waals surface area contributed by atoms with E-state index in [2.05, 4.69) is 13.0 Å². The van der Waals surface area contributed by atoms with Gasteiger partial charge in [-0.3, -0.25) is 14.4 Å². The molecule has 180 valence electrons. The number of carbonyl (C=O) groups excluding carboxylic acids is 2. The molecule has 0 radical (unpaired) electrons. The van der Waals surface area contributed by atoms with Crippen LogP contribution in [0.1, 0.15) is 64.7 Å². The number of aliphatic carboxylic acids is 1. The second-order valence-electron chi connectivity index (χ2n) is 11.6. The third kappa shape index (κ3) is 3.62. The number of nitrogens with zero attached hydrogens (tertiary/aromatic N) is 2. The summed E-state index contributed by atoms with van der Waals surface area (Å²) in [4.78, 5) is 39.0. The van der Waals surface area contributed by atoms with Crippen LogP contribution in [0.2, 0.25) is 0 Å². The maximum absolute atomic E-state index is 13.7. The minimum Gasteiger partial charge on any atom is -0.481 e. The lowest BCUT2D eigenvalue weighted by molar-refractivity contribution is -0.207. The maximum Gasteiger partial charge on any atom is 0.323 e. The van der Waals surface area contributed by atoms with Crippen molar-refractivity contribution in [2.24, 2.45) is 40.6 Å². The van der Waals surface area contributed by atoms with Gasteiger partial charge in [-0.05, 0) is 80.5 Å². The molecule has 6 rings (SSSR count). The van der Waals surface area contributed by atoms with Crippen LogP contribution in [-0.4, -0.2) is 57.6 Å². The van der Waals surface area contributed by atoms with Gasteiger partial charge in [-0.1, -0.05) is 6.92 Å². The molecule has 33 heavy (non-hydrogen) atoms. The zero-order chi connectivity index (χ0) is 23.7. The summed E-state index contributed by atoms with van der Waals surface area (Å²) in [5.41, 5.74) is 11.5. The van der Waals surface area contributed by atoms with E-state index in [1.54, 1.807) is 4.90 Å². The number of esters is 1. The fourth-order valence-electron chi connectivity index (χ4n) is 8.17. The summed E-state index contributed by atoms with van der Waals surface area (Å²) in [5, 5.41) is 18.5. The van der Waals surface area contributed by atoms with Gasteiger partial charge in [0.2, 0.25) is 5.91 Å². The van der Waals surface area contributed by atoms with Crippen LogP contribution >= 0.6 is 0 Å². The largest absolute Gasteiger partial charge is 0.481 e. The number of carboxylic acid groups (broad SMARTS) is 1. The first-order valence-corrected chi connectivity index (χ1v) is 12.3. The number of piperidine rings is 1. The Morgan fingerprint density at radius 3 is 2.45 bits per heavy atom. The van der Waals surface area contributed by atoms with Crippen molar-refractivity contribution in [2.45, 2.75) is 94.5 Å². The van der Waals surface area contributed by atoms with Gasteiger partial charge in [-0.25, -0.2) is 0 Å². The molecule has 2 unspecified atom stereocenters. The first-order chi connectivity index (χ1) is 15.6. The molecule has 0 spiro atoms. The molecule has 5 N–H and O–H groups in total. The Kier molecular flexibility index (Phi) is 5.25. The van der Waals surface area contributed by atoms with Crippen molar-refractivity contribution in [1.82, 2.24) is 4.90 Å². The molecule has 1 heterocycles. The molecule has 8 atom stereocenters. The number of nitriles is 1. The van der Waals surface area contributed by atoms with Crippen molar-refractivity contribution in [2.75, 3.05) is 0 Å². The molecule has 6 fully saturated rings. The van der Waals surface area contributed by atoms with Crippen LogP contribution in [0.5, 0.6) is 0 Å². The number of nitrogens with two attached hydrogens (primary N) is 2. The number of ether oxygens (including phenoxy) is 1. The quantitative estimate of drug-likeness (QED) is 0.479. The number of likely N-dealkylation sites (tertiary alicyclic amines) is 1. The number of fused-ring (bicyclic) bond motifs is 1. The van der Waals surface area contributed by atoms with Gasteiger partial charge in [0.25, 0.3) is 0 Å². The lowest BCUT2D eigenvalue weighted by atomic mass is 9.46. The van der Waals surface area contributed by atoms with Crippen LogP contribution in [0.25, 0.3) is 0 Å². The molecule has 5 aliphatic carbocycles. The van der Waals surface area contributed by atoms with E-state index in [4.69, 9.17) is 21.3 Å². The number of carbonyl (C=O) groups is 3. The van der Waals surface area contributed by atoms with Gasteiger partial charge in [0, 0.05) is 12.5 Å². The summed E-state index contributed by atoms with van der Waals surface area (Å²) in [6.07, 6.45) is 5.34. The first-order valence-electron chi connectivity index (χ1n) is 12.3. The third-order valence-electron chi connectivity index (χ3n) is 9.34. The number of hydrogen-bond acceptors (Lipinski definition) is 7. The fraction of sp³-hybridized carbons (Fsp3) is 0.833. The Labute approximate surface area is 193 Å². The summed E-state index contributed by atoms with van der Waals surface area (Å²) in [6.45, 7) is 2.13. The molecule has 0 aromatic carbocycles. The molecular formula is C24H34N4O5. The van der Waals surface area contributed by atoms with Crippen molar-refractivity contribution < 1.29 is 24.2 Å². The number of amides is 1. The van der Waals surface area contributed by atoms with Crippen molar-refractivity contribution in [3.63, 3.8) is 0 Å². The predicted octanol–water partition coefficient (Wildman–Crippen LogP) is 1.15. The van der Waals surface area contributed by atoms with Gasteiger partial charge in [-0.15, -0.1) is 0 Å². The van der Waals surface area contributed by atoms with Gasteiger partial charge in [-0.2, -0.15) is 5.26 Å². The van der Waals surface area contributed by atoms with Gasteiger partial charge in [0.05, 0.1) is 12.1 Å². The molecule has 1 amide bonds. The molecule has 6 aliphatic rings. The Morgan fingerprint density at radius 2 is 1.85 bits per heavy atom. The minimum absolute atomic E-state index is 0.0332. The predicted molar refractivity (Wildman–Crippen MR) is 116 cm³/mol. The molecule has 0 aromatic rings. The number of hydrogen-bond donors (Lipinski definition) is 3. The fourth-order valence-corrected chi connectivity index (χ4v) is 8.17. The average molecular weight is 459 g/mol. The highest BCUT2D eigenvalue weighted by molar-refractivity contribution is 5.85. The van der Waals surface area contributed by atoms with E-state index in [-0.39, 0.29) is 24.8 Å². The zero-order valence-corrected chi connectivity index (χ0v) is 19.1. The molecule has 5 saturated carbocycles. The van der Waals surface area contributed by atoms with Crippen LogP contribution in [0.15, 0.2) is 0 Å². The molecule has 0 aromatic heterocycles. The van der Waals surface area contributed by atoms with E-state index in [1.165, 1.54) is 0 Å². The van der Waals surface area contributed by atoms with Gasteiger partial charge in [0.1, 0.15) is 17.7 Å². The highest BCUT2D eigenvalue weighted by Gasteiger charge is 2.65. The topological polar surface area (TPSA) is 160 Å². The highest BCUT2D eigenvalue weighted by Crippen LogP contribution is 2.64. The van der Waals surface area contributed by atoms with E-state index in [0.717, 1.165) is 38.5 Å². The monoisotopic (exact) mass is 458 g/mol. The van der Waals surface area contributed by atoms with Gasteiger partial charge in [0.15, 0.2) is 0 Å². The Bertz CT molecular complexity index is 901. The lowest BCUT2D eigenvalue weighted by Crippen LogP contribution is -2.66. The maximum atomic E-state index is 13.7.